The number of aryl methyl sites for hydroxylation is 1. The van der Waals surface area contributed by atoms with Crippen LogP contribution in [0.5, 0.6) is 5.75 Å². The van der Waals surface area contributed by atoms with E-state index in [4.69, 9.17) is 10.5 Å². The zero-order valence-corrected chi connectivity index (χ0v) is 12.7. The number of ether oxygens (including phenoxy) is 1. The van der Waals surface area contributed by atoms with Gasteiger partial charge in [0.05, 0.1) is 7.11 Å². The summed E-state index contributed by atoms with van der Waals surface area (Å²) in [4.78, 5) is 14.0. The standard InChI is InChI=1S/C15H22N2O2.ClH/c1-19-14-5-2-12(3-6-14)4-7-15(18)17-9-8-13(10-16)11-17;/h2-3,5-6,13H,4,7-11,16H2,1H3;1H. The van der Waals surface area contributed by atoms with Gasteiger partial charge in [-0.25, -0.2) is 0 Å². The Kier molecular flexibility index (Phi) is 6.82. The highest BCUT2D eigenvalue weighted by Gasteiger charge is 2.24. The Labute approximate surface area is 126 Å². The van der Waals surface area contributed by atoms with E-state index < -0.39 is 0 Å². The van der Waals surface area contributed by atoms with Gasteiger partial charge in [0.1, 0.15) is 5.75 Å². The van der Waals surface area contributed by atoms with Crippen LogP contribution in [0.4, 0.5) is 0 Å². The molecule has 1 unspecified atom stereocenters. The molecule has 4 nitrogen and oxygen atoms in total. The Morgan fingerprint density at radius 1 is 1.40 bits per heavy atom. The van der Waals surface area contributed by atoms with Crippen LogP contribution in [0.2, 0.25) is 0 Å². The second-order valence-electron chi connectivity index (χ2n) is 5.08. The number of rotatable bonds is 5. The van der Waals surface area contributed by atoms with Gasteiger partial charge in [0.2, 0.25) is 5.91 Å². The van der Waals surface area contributed by atoms with E-state index in [2.05, 4.69) is 0 Å². The first-order chi connectivity index (χ1) is 9.22. The molecule has 1 atom stereocenters. The van der Waals surface area contributed by atoms with Gasteiger partial charge in [-0.05, 0) is 43.0 Å². The maximum atomic E-state index is 12.1. The van der Waals surface area contributed by atoms with Gasteiger partial charge in [-0.3, -0.25) is 4.79 Å². The van der Waals surface area contributed by atoms with E-state index in [0.29, 0.717) is 18.9 Å². The number of halogens is 1. The molecule has 1 aliphatic rings. The fourth-order valence-electron chi connectivity index (χ4n) is 2.45. The number of hydrogen-bond donors (Lipinski definition) is 1. The maximum Gasteiger partial charge on any atom is 0.222 e. The lowest BCUT2D eigenvalue weighted by Crippen LogP contribution is -2.29. The Balaban J connectivity index is 0.00000200. The van der Waals surface area contributed by atoms with Gasteiger partial charge in [0, 0.05) is 19.5 Å². The monoisotopic (exact) mass is 298 g/mol. The first-order valence-corrected chi connectivity index (χ1v) is 6.83. The largest absolute Gasteiger partial charge is 0.497 e. The Hall–Kier alpha value is -1.26. The van der Waals surface area contributed by atoms with E-state index in [1.807, 2.05) is 29.2 Å². The minimum Gasteiger partial charge on any atom is -0.497 e. The number of carbonyl (C=O) groups is 1. The molecule has 0 bridgehead atoms. The van der Waals surface area contributed by atoms with Crippen molar-refractivity contribution in [2.75, 3.05) is 26.7 Å². The summed E-state index contributed by atoms with van der Waals surface area (Å²) in [5, 5.41) is 0. The summed E-state index contributed by atoms with van der Waals surface area (Å²) in [6.45, 7) is 2.38. The summed E-state index contributed by atoms with van der Waals surface area (Å²) in [5.74, 6) is 1.58. The lowest BCUT2D eigenvalue weighted by Gasteiger charge is -2.16. The number of carbonyl (C=O) groups excluding carboxylic acids is 1. The van der Waals surface area contributed by atoms with Gasteiger partial charge in [-0.15, -0.1) is 12.4 Å². The quantitative estimate of drug-likeness (QED) is 0.903. The number of nitrogens with zero attached hydrogens (tertiary/aromatic N) is 1. The normalized spacial score (nSPS) is 17.7. The highest BCUT2D eigenvalue weighted by atomic mass is 35.5. The van der Waals surface area contributed by atoms with Crippen LogP contribution in [0.3, 0.4) is 0 Å². The van der Waals surface area contributed by atoms with E-state index in [1.54, 1.807) is 7.11 Å². The van der Waals surface area contributed by atoms with Crippen LogP contribution in [-0.2, 0) is 11.2 Å². The zero-order chi connectivity index (χ0) is 13.7. The van der Waals surface area contributed by atoms with E-state index in [0.717, 1.165) is 31.7 Å². The second kappa shape index (κ2) is 8.12. The van der Waals surface area contributed by atoms with Crippen molar-refractivity contribution < 1.29 is 9.53 Å². The SMILES string of the molecule is COc1ccc(CCC(=O)N2CCC(CN)C2)cc1.Cl. The molecule has 1 saturated heterocycles. The zero-order valence-electron chi connectivity index (χ0n) is 11.9. The van der Waals surface area contributed by atoms with Gasteiger partial charge >= 0.3 is 0 Å². The topological polar surface area (TPSA) is 55.6 Å². The van der Waals surface area contributed by atoms with Crippen molar-refractivity contribution in [3.05, 3.63) is 29.8 Å². The minimum atomic E-state index is 0. The summed E-state index contributed by atoms with van der Waals surface area (Å²) in [6, 6.07) is 7.89. The first kappa shape index (κ1) is 16.8. The summed E-state index contributed by atoms with van der Waals surface area (Å²) < 4.78 is 5.11. The van der Waals surface area contributed by atoms with Crippen LogP contribution in [0.1, 0.15) is 18.4 Å². The number of likely N-dealkylation sites (tertiary alicyclic amines) is 1. The molecule has 1 amide bonds. The van der Waals surface area contributed by atoms with Gasteiger partial charge in [-0.1, -0.05) is 12.1 Å². The fourth-order valence-corrected chi connectivity index (χ4v) is 2.45. The van der Waals surface area contributed by atoms with E-state index >= 15 is 0 Å². The Morgan fingerprint density at radius 3 is 2.65 bits per heavy atom. The van der Waals surface area contributed by atoms with Crippen molar-refractivity contribution in [2.24, 2.45) is 11.7 Å². The molecule has 2 N–H and O–H groups in total. The molecule has 112 valence electrons. The van der Waals surface area contributed by atoms with Crippen LogP contribution in [0.15, 0.2) is 24.3 Å². The maximum absolute atomic E-state index is 12.1. The van der Waals surface area contributed by atoms with Crippen molar-refractivity contribution in [1.29, 1.82) is 0 Å². The summed E-state index contributed by atoms with van der Waals surface area (Å²) >= 11 is 0. The van der Waals surface area contributed by atoms with Crippen molar-refractivity contribution in [1.82, 2.24) is 4.90 Å². The molecular formula is C15H23ClN2O2. The number of nitrogens with two attached hydrogens (primary N) is 1. The van der Waals surface area contributed by atoms with E-state index in [-0.39, 0.29) is 18.3 Å². The van der Waals surface area contributed by atoms with Crippen LogP contribution in [0.25, 0.3) is 0 Å². The second-order valence-corrected chi connectivity index (χ2v) is 5.08. The smallest absolute Gasteiger partial charge is 0.222 e. The molecule has 0 spiro atoms. The van der Waals surface area contributed by atoms with Crippen molar-refractivity contribution in [2.45, 2.75) is 19.3 Å². The average molecular weight is 299 g/mol. The predicted molar refractivity (Wildman–Crippen MR) is 82.3 cm³/mol. The summed E-state index contributed by atoms with van der Waals surface area (Å²) in [5.41, 5.74) is 6.81. The molecule has 0 aliphatic carbocycles. The van der Waals surface area contributed by atoms with Crippen LogP contribution in [-0.4, -0.2) is 37.6 Å². The third-order valence-electron chi connectivity index (χ3n) is 3.76. The predicted octanol–water partition coefficient (Wildman–Crippen LogP) is 1.86. The van der Waals surface area contributed by atoms with Crippen molar-refractivity contribution in [3.8, 4) is 5.75 Å². The summed E-state index contributed by atoms with van der Waals surface area (Å²) in [7, 11) is 1.65. The lowest BCUT2D eigenvalue weighted by molar-refractivity contribution is -0.130. The van der Waals surface area contributed by atoms with Crippen LogP contribution in [0, 0.1) is 5.92 Å². The van der Waals surface area contributed by atoms with Gasteiger partial charge in [0.25, 0.3) is 0 Å². The molecule has 5 heteroatoms. The van der Waals surface area contributed by atoms with Crippen LogP contribution < -0.4 is 10.5 Å². The highest BCUT2D eigenvalue weighted by Crippen LogP contribution is 2.17. The number of benzene rings is 1. The molecule has 1 fully saturated rings. The molecule has 1 aromatic carbocycles. The fraction of sp³-hybridized carbons (Fsp3) is 0.533. The van der Waals surface area contributed by atoms with Gasteiger partial charge in [-0.2, -0.15) is 0 Å². The van der Waals surface area contributed by atoms with Gasteiger partial charge < -0.3 is 15.4 Å². The molecule has 1 heterocycles. The third kappa shape index (κ3) is 4.39. The van der Waals surface area contributed by atoms with E-state index in [1.165, 1.54) is 5.56 Å². The Bertz CT molecular complexity index is 422. The minimum absolute atomic E-state index is 0. The Morgan fingerprint density at radius 2 is 2.10 bits per heavy atom. The van der Waals surface area contributed by atoms with Crippen molar-refractivity contribution >= 4 is 18.3 Å². The molecule has 0 aromatic heterocycles. The number of hydrogen-bond acceptors (Lipinski definition) is 3. The molecular weight excluding hydrogens is 276 g/mol. The van der Waals surface area contributed by atoms with Crippen molar-refractivity contribution in [3.63, 3.8) is 0 Å². The molecule has 1 aromatic rings. The average Bonchev–Trinajstić information content (AvgIpc) is 2.94. The van der Waals surface area contributed by atoms with Gasteiger partial charge in [0.15, 0.2) is 0 Å². The highest BCUT2D eigenvalue weighted by molar-refractivity contribution is 5.85. The first-order valence-electron chi connectivity index (χ1n) is 6.83. The number of amides is 1. The van der Waals surface area contributed by atoms with E-state index in [9.17, 15) is 4.79 Å². The molecule has 0 radical (unpaired) electrons. The molecule has 1 aliphatic heterocycles. The third-order valence-corrected chi connectivity index (χ3v) is 3.76. The lowest BCUT2D eigenvalue weighted by atomic mass is 10.1. The molecule has 0 saturated carbocycles. The summed E-state index contributed by atoms with van der Waals surface area (Å²) in [6.07, 6.45) is 2.40. The van der Waals surface area contributed by atoms with Crippen LogP contribution >= 0.6 is 12.4 Å². The number of methoxy groups -OCH3 is 1. The molecule has 2 rings (SSSR count). The molecule has 20 heavy (non-hydrogen) atoms.